The summed E-state index contributed by atoms with van der Waals surface area (Å²) in [4.78, 5) is 0. The normalized spacial score (nSPS) is 50.1. The maximum absolute atomic E-state index is 6.14. The number of fused-ring (bicyclic) bond motifs is 2. The third-order valence-corrected chi connectivity index (χ3v) is 4.59. The van der Waals surface area contributed by atoms with Gasteiger partial charge in [-0.05, 0) is 55.3 Å². The highest BCUT2D eigenvalue weighted by molar-refractivity contribution is 6.11. The van der Waals surface area contributed by atoms with Gasteiger partial charge in [0.25, 0.3) is 0 Å². The summed E-state index contributed by atoms with van der Waals surface area (Å²) < 4.78 is 0. The zero-order valence-corrected chi connectivity index (χ0v) is 9.87. The summed E-state index contributed by atoms with van der Waals surface area (Å²) in [5.41, 5.74) is 0. The summed E-state index contributed by atoms with van der Waals surface area (Å²) in [5, 5.41) is 0. The van der Waals surface area contributed by atoms with Gasteiger partial charge < -0.3 is 0 Å². The Hall–Kier alpha value is 0.0649. The van der Waals surface area contributed by atoms with Crippen LogP contribution < -0.4 is 0 Å². The van der Waals surface area contributed by atoms with Crippen molar-refractivity contribution in [2.24, 2.45) is 29.6 Å². The van der Waals surface area contributed by atoms with Crippen LogP contribution in [0.4, 0.5) is 0 Å². The molecule has 0 aromatic heterocycles. The molecular formula is C13H23B. The lowest BCUT2D eigenvalue weighted by Crippen LogP contribution is -2.38. The molecule has 0 spiro atoms. The van der Waals surface area contributed by atoms with Crippen molar-refractivity contribution < 1.29 is 0 Å². The van der Waals surface area contributed by atoms with Crippen LogP contribution in [-0.2, 0) is 0 Å². The fourth-order valence-electron chi connectivity index (χ4n) is 4.40. The number of rotatable bonds is 1. The average Bonchev–Trinajstić information content (AvgIpc) is 1.99. The summed E-state index contributed by atoms with van der Waals surface area (Å²) in [6.07, 6.45) is 5.83. The van der Waals surface area contributed by atoms with E-state index in [-0.39, 0.29) is 0 Å². The average molecular weight is 190 g/mol. The zero-order valence-electron chi connectivity index (χ0n) is 9.87. The largest absolute Gasteiger partial charge is 0.0769 e. The van der Waals surface area contributed by atoms with Crippen LogP contribution >= 0.6 is 0 Å². The first-order valence-corrected chi connectivity index (χ1v) is 6.33. The van der Waals surface area contributed by atoms with Crippen molar-refractivity contribution in [3.8, 4) is 0 Å². The first-order valence-electron chi connectivity index (χ1n) is 6.33. The molecule has 0 aromatic rings. The second-order valence-electron chi connectivity index (χ2n) is 6.09. The van der Waals surface area contributed by atoms with Crippen LogP contribution in [-0.4, -0.2) is 7.85 Å². The van der Waals surface area contributed by atoms with E-state index in [1.54, 1.807) is 0 Å². The molecule has 6 unspecified atom stereocenters. The lowest BCUT2D eigenvalue weighted by Gasteiger charge is -2.48. The van der Waals surface area contributed by atoms with Crippen LogP contribution in [0.5, 0.6) is 0 Å². The van der Waals surface area contributed by atoms with E-state index in [1.807, 2.05) is 0 Å². The second-order valence-corrected chi connectivity index (χ2v) is 6.09. The smallest absolute Gasteiger partial charge is 0.0699 e. The Labute approximate surface area is 90.3 Å². The Morgan fingerprint density at radius 3 is 2.43 bits per heavy atom. The monoisotopic (exact) mass is 190 g/mol. The molecule has 0 heterocycles. The van der Waals surface area contributed by atoms with Gasteiger partial charge in [-0.15, -0.1) is 0 Å². The molecule has 78 valence electrons. The molecule has 0 aromatic carbocycles. The van der Waals surface area contributed by atoms with Gasteiger partial charge in [-0.2, -0.15) is 0 Å². The van der Waals surface area contributed by atoms with Gasteiger partial charge in [-0.3, -0.25) is 0 Å². The number of hydrogen-bond acceptors (Lipinski definition) is 0. The van der Waals surface area contributed by atoms with Gasteiger partial charge in [0.05, 0.1) is 7.85 Å². The predicted molar refractivity (Wildman–Crippen MR) is 62.4 cm³/mol. The maximum atomic E-state index is 6.14. The highest BCUT2D eigenvalue weighted by Crippen LogP contribution is 2.50. The molecule has 0 aliphatic heterocycles. The molecule has 2 fully saturated rings. The summed E-state index contributed by atoms with van der Waals surface area (Å²) in [6, 6.07) is 0. The summed E-state index contributed by atoms with van der Waals surface area (Å²) in [5.74, 6) is 4.98. The van der Waals surface area contributed by atoms with E-state index in [0.717, 1.165) is 29.6 Å². The molecule has 0 saturated heterocycles. The van der Waals surface area contributed by atoms with Gasteiger partial charge in [0.15, 0.2) is 0 Å². The lowest BCUT2D eigenvalue weighted by atomic mass is 9.54. The van der Waals surface area contributed by atoms with Crippen molar-refractivity contribution in [3.05, 3.63) is 0 Å². The van der Waals surface area contributed by atoms with Gasteiger partial charge in [-0.25, -0.2) is 0 Å². The molecule has 0 amide bonds. The summed E-state index contributed by atoms with van der Waals surface area (Å²) >= 11 is 0. The molecule has 6 atom stereocenters. The Kier molecular flexibility index (Phi) is 2.95. The molecule has 2 radical (unpaired) electrons. The van der Waals surface area contributed by atoms with E-state index >= 15 is 0 Å². The van der Waals surface area contributed by atoms with Crippen LogP contribution in [0.2, 0.25) is 5.82 Å². The molecule has 2 saturated carbocycles. The van der Waals surface area contributed by atoms with E-state index in [0.29, 0.717) is 5.82 Å². The van der Waals surface area contributed by atoms with Crippen molar-refractivity contribution in [1.29, 1.82) is 0 Å². The topological polar surface area (TPSA) is 0 Å². The second kappa shape index (κ2) is 3.91. The van der Waals surface area contributed by atoms with Crippen LogP contribution in [0.3, 0.4) is 0 Å². The first-order chi connectivity index (χ1) is 6.58. The van der Waals surface area contributed by atoms with Crippen molar-refractivity contribution in [2.45, 2.75) is 52.3 Å². The fraction of sp³-hybridized carbons (Fsp3) is 1.00. The highest BCUT2D eigenvalue weighted by Gasteiger charge is 2.40. The van der Waals surface area contributed by atoms with Gasteiger partial charge in [0.1, 0.15) is 0 Å². The first kappa shape index (κ1) is 10.6. The zero-order chi connectivity index (χ0) is 10.3. The Balaban J connectivity index is 2.10. The van der Waals surface area contributed by atoms with E-state index in [1.165, 1.54) is 25.7 Å². The Morgan fingerprint density at radius 1 is 1.07 bits per heavy atom. The molecule has 2 rings (SSSR count). The summed E-state index contributed by atoms with van der Waals surface area (Å²) in [7, 11) is 6.14. The summed E-state index contributed by atoms with van der Waals surface area (Å²) in [6.45, 7) is 7.05. The molecule has 0 nitrogen and oxygen atoms in total. The van der Waals surface area contributed by atoms with Crippen molar-refractivity contribution in [1.82, 2.24) is 0 Å². The minimum Gasteiger partial charge on any atom is -0.0769 e. The molecule has 2 bridgehead atoms. The van der Waals surface area contributed by atoms with Gasteiger partial charge >= 0.3 is 0 Å². The van der Waals surface area contributed by atoms with Crippen LogP contribution in [0.15, 0.2) is 0 Å². The SMILES string of the molecule is [B]C(C)C1C(C)CC2CC(C)CC1C2. The molecular weight excluding hydrogens is 167 g/mol. The highest BCUT2D eigenvalue weighted by atomic mass is 14.4. The van der Waals surface area contributed by atoms with Gasteiger partial charge in [-0.1, -0.05) is 26.6 Å². The minimum absolute atomic E-state index is 0.404. The maximum Gasteiger partial charge on any atom is 0.0699 e. The predicted octanol–water partition coefficient (Wildman–Crippen LogP) is 3.67. The van der Waals surface area contributed by atoms with Gasteiger partial charge in [0, 0.05) is 0 Å². The molecule has 1 heteroatoms. The fourth-order valence-corrected chi connectivity index (χ4v) is 4.40. The third-order valence-electron chi connectivity index (χ3n) is 4.59. The molecule has 2 aliphatic rings. The molecule has 2 aliphatic carbocycles. The van der Waals surface area contributed by atoms with E-state index < -0.39 is 0 Å². The lowest BCUT2D eigenvalue weighted by molar-refractivity contribution is 0.0453. The van der Waals surface area contributed by atoms with Crippen LogP contribution in [0, 0.1) is 29.6 Å². The minimum atomic E-state index is 0.404. The van der Waals surface area contributed by atoms with Crippen LogP contribution in [0.25, 0.3) is 0 Å². The van der Waals surface area contributed by atoms with Crippen molar-refractivity contribution >= 4 is 7.85 Å². The third kappa shape index (κ3) is 1.88. The van der Waals surface area contributed by atoms with Crippen LogP contribution in [0.1, 0.15) is 46.5 Å². The number of hydrogen-bond donors (Lipinski definition) is 0. The molecule has 0 N–H and O–H groups in total. The van der Waals surface area contributed by atoms with E-state index in [2.05, 4.69) is 20.8 Å². The molecule has 14 heavy (non-hydrogen) atoms. The van der Waals surface area contributed by atoms with Crippen molar-refractivity contribution in [2.75, 3.05) is 0 Å². The van der Waals surface area contributed by atoms with Crippen molar-refractivity contribution in [3.63, 3.8) is 0 Å². The van der Waals surface area contributed by atoms with E-state index in [4.69, 9.17) is 7.85 Å². The standard InChI is InChI=1S/C13H23B/c1-8-4-11-6-9(2)13(10(3)14)12(5-8)7-11/h8-13H,4-7H2,1-3H3. The Bertz CT molecular complexity index is 195. The Morgan fingerprint density at radius 2 is 1.79 bits per heavy atom. The van der Waals surface area contributed by atoms with E-state index in [9.17, 15) is 0 Å². The van der Waals surface area contributed by atoms with Gasteiger partial charge in [0.2, 0.25) is 0 Å². The quantitative estimate of drug-likeness (QED) is 0.553.